The Kier molecular flexibility index (Phi) is 8.47. The molecule has 182 valence electrons. The Morgan fingerprint density at radius 3 is 2.21 bits per heavy atom. The third-order valence-electron chi connectivity index (χ3n) is 6.69. The standard InChI is InChI=1S/C26H30N2O5.ClH/c1-3-33-26(32)22(19-12-16-8-4-5-9-17(16)13-19)27-15(2)24(29)23-20-11-7-6-10-18(20)14-21(28-23)25(30)31;/h4-11,15,19,21-23,27-28H,3,12-14H2,1-2H3,(H,30,31);1H. The van der Waals surface area contributed by atoms with Gasteiger partial charge in [0.15, 0.2) is 5.78 Å². The van der Waals surface area contributed by atoms with Gasteiger partial charge in [-0.05, 0) is 61.3 Å². The van der Waals surface area contributed by atoms with Gasteiger partial charge in [-0.3, -0.25) is 25.0 Å². The second kappa shape index (κ2) is 11.1. The number of aliphatic carboxylic acids is 1. The number of ketones is 1. The number of carbonyl (C=O) groups excluding carboxylic acids is 2. The van der Waals surface area contributed by atoms with Crippen molar-refractivity contribution in [2.45, 2.75) is 57.3 Å². The van der Waals surface area contributed by atoms with E-state index < -0.39 is 30.1 Å². The molecule has 7 nitrogen and oxygen atoms in total. The molecule has 34 heavy (non-hydrogen) atoms. The molecule has 0 aromatic heterocycles. The molecule has 0 bridgehead atoms. The fourth-order valence-electron chi connectivity index (χ4n) is 5.02. The van der Waals surface area contributed by atoms with E-state index in [1.165, 1.54) is 11.1 Å². The second-order valence-electron chi connectivity index (χ2n) is 8.85. The Morgan fingerprint density at radius 1 is 1.03 bits per heavy atom. The lowest BCUT2D eigenvalue weighted by Crippen LogP contribution is -2.55. The Balaban J connectivity index is 0.00000324. The zero-order valence-electron chi connectivity index (χ0n) is 19.3. The molecule has 8 heteroatoms. The molecule has 2 aromatic carbocycles. The largest absolute Gasteiger partial charge is 0.480 e. The first kappa shape index (κ1) is 25.9. The van der Waals surface area contributed by atoms with Crippen molar-refractivity contribution in [3.05, 3.63) is 70.8 Å². The Hall–Kier alpha value is -2.74. The number of nitrogens with one attached hydrogen (secondary N) is 2. The zero-order chi connectivity index (χ0) is 23.5. The van der Waals surface area contributed by atoms with Gasteiger partial charge in [-0.15, -0.1) is 12.4 Å². The third-order valence-corrected chi connectivity index (χ3v) is 6.69. The fraction of sp³-hybridized carbons (Fsp3) is 0.423. The molecule has 0 saturated heterocycles. The molecule has 4 atom stereocenters. The average Bonchev–Trinajstić information content (AvgIpc) is 3.25. The molecule has 0 spiro atoms. The maximum Gasteiger partial charge on any atom is 0.323 e. The molecule has 0 radical (unpaired) electrons. The van der Waals surface area contributed by atoms with Crippen molar-refractivity contribution in [2.75, 3.05) is 6.61 Å². The molecule has 0 amide bonds. The number of benzene rings is 2. The van der Waals surface area contributed by atoms with E-state index in [1.54, 1.807) is 13.8 Å². The van der Waals surface area contributed by atoms with E-state index in [0.717, 1.165) is 24.0 Å². The van der Waals surface area contributed by atoms with Gasteiger partial charge in [0.1, 0.15) is 12.1 Å². The molecular formula is C26H31ClN2O5. The molecule has 2 aliphatic rings. The summed E-state index contributed by atoms with van der Waals surface area (Å²) in [5.74, 6) is -1.57. The van der Waals surface area contributed by atoms with Crippen LogP contribution in [0.1, 0.15) is 42.1 Å². The Bertz CT molecular complexity index is 1030. The van der Waals surface area contributed by atoms with Crippen molar-refractivity contribution in [1.82, 2.24) is 10.6 Å². The van der Waals surface area contributed by atoms with Gasteiger partial charge >= 0.3 is 11.9 Å². The molecule has 2 aromatic rings. The van der Waals surface area contributed by atoms with E-state index in [2.05, 4.69) is 22.8 Å². The number of rotatable bonds is 8. The molecular weight excluding hydrogens is 456 g/mol. The summed E-state index contributed by atoms with van der Waals surface area (Å²) in [6.45, 7) is 3.75. The van der Waals surface area contributed by atoms with Crippen molar-refractivity contribution in [1.29, 1.82) is 0 Å². The molecule has 3 N–H and O–H groups in total. The molecule has 1 heterocycles. The quantitative estimate of drug-likeness (QED) is 0.493. The minimum absolute atomic E-state index is 0. The number of carboxylic acid groups (broad SMARTS) is 1. The average molecular weight is 487 g/mol. The van der Waals surface area contributed by atoms with E-state index in [0.29, 0.717) is 6.42 Å². The maximum absolute atomic E-state index is 13.5. The number of halogens is 1. The minimum atomic E-state index is -0.990. The third kappa shape index (κ3) is 5.32. The van der Waals surface area contributed by atoms with E-state index in [1.807, 2.05) is 36.4 Å². The summed E-state index contributed by atoms with van der Waals surface area (Å²) in [7, 11) is 0. The number of hydrogen-bond donors (Lipinski definition) is 3. The predicted octanol–water partition coefficient (Wildman–Crippen LogP) is 2.64. The number of fused-ring (bicyclic) bond motifs is 2. The minimum Gasteiger partial charge on any atom is -0.480 e. The summed E-state index contributed by atoms with van der Waals surface area (Å²) >= 11 is 0. The van der Waals surface area contributed by atoms with Crippen molar-refractivity contribution in [3.8, 4) is 0 Å². The van der Waals surface area contributed by atoms with Crippen LogP contribution in [0.4, 0.5) is 0 Å². The van der Waals surface area contributed by atoms with Crippen LogP contribution in [-0.2, 0) is 38.4 Å². The molecule has 4 rings (SSSR count). The van der Waals surface area contributed by atoms with Crippen LogP contribution in [0.5, 0.6) is 0 Å². The van der Waals surface area contributed by atoms with Crippen LogP contribution in [0.25, 0.3) is 0 Å². The maximum atomic E-state index is 13.5. The zero-order valence-corrected chi connectivity index (χ0v) is 20.1. The number of ether oxygens (including phenoxy) is 1. The van der Waals surface area contributed by atoms with Crippen molar-refractivity contribution < 1.29 is 24.2 Å². The van der Waals surface area contributed by atoms with Crippen molar-refractivity contribution in [3.63, 3.8) is 0 Å². The first-order chi connectivity index (χ1) is 15.9. The lowest BCUT2D eigenvalue weighted by atomic mass is 9.86. The highest BCUT2D eigenvalue weighted by molar-refractivity contribution is 5.92. The normalized spacial score (nSPS) is 20.9. The second-order valence-corrected chi connectivity index (χ2v) is 8.85. The lowest BCUT2D eigenvalue weighted by molar-refractivity contribution is -0.147. The summed E-state index contributed by atoms with van der Waals surface area (Å²) in [4.78, 5) is 38.0. The Morgan fingerprint density at radius 2 is 1.62 bits per heavy atom. The van der Waals surface area contributed by atoms with Crippen molar-refractivity contribution in [2.24, 2.45) is 5.92 Å². The number of carboxylic acids is 1. The highest BCUT2D eigenvalue weighted by Gasteiger charge is 2.39. The van der Waals surface area contributed by atoms with Gasteiger partial charge in [-0.2, -0.15) is 0 Å². The van der Waals surface area contributed by atoms with E-state index in [4.69, 9.17) is 4.74 Å². The molecule has 1 aliphatic carbocycles. The highest BCUT2D eigenvalue weighted by Crippen LogP contribution is 2.31. The summed E-state index contributed by atoms with van der Waals surface area (Å²) in [5, 5.41) is 15.8. The van der Waals surface area contributed by atoms with Gasteiger partial charge in [-0.25, -0.2) is 0 Å². The molecule has 4 unspecified atom stereocenters. The molecule has 1 aliphatic heterocycles. The van der Waals surface area contributed by atoms with Gasteiger partial charge in [0.25, 0.3) is 0 Å². The topological polar surface area (TPSA) is 105 Å². The summed E-state index contributed by atoms with van der Waals surface area (Å²) in [6, 6.07) is 12.6. The molecule has 0 saturated carbocycles. The van der Waals surface area contributed by atoms with Crippen LogP contribution in [0, 0.1) is 5.92 Å². The van der Waals surface area contributed by atoms with Crippen LogP contribution >= 0.6 is 12.4 Å². The smallest absolute Gasteiger partial charge is 0.323 e. The fourth-order valence-corrected chi connectivity index (χ4v) is 5.02. The summed E-state index contributed by atoms with van der Waals surface area (Å²) in [6.07, 6.45) is 1.79. The number of hydrogen-bond acceptors (Lipinski definition) is 6. The Labute approximate surface area is 205 Å². The highest BCUT2D eigenvalue weighted by atomic mass is 35.5. The van der Waals surface area contributed by atoms with E-state index >= 15 is 0 Å². The van der Waals surface area contributed by atoms with Crippen LogP contribution < -0.4 is 10.6 Å². The van der Waals surface area contributed by atoms with E-state index in [-0.39, 0.29) is 36.7 Å². The predicted molar refractivity (Wildman–Crippen MR) is 130 cm³/mol. The SMILES string of the molecule is CCOC(=O)C(NC(C)C(=O)C1NC(C(=O)O)Cc2ccccc21)C1Cc2ccccc2C1.Cl. The van der Waals surface area contributed by atoms with Gasteiger partial charge in [0.05, 0.1) is 18.7 Å². The number of esters is 1. The van der Waals surface area contributed by atoms with Crippen LogP contribution in [0.3, 0.4) is 0 Å². The number of Topliss-reactive ketones (excluding diaryl/α,β-unsaturated/α-hetero) is 1. The monoisotopic (exact) mass is 486 g/mol. The molecule has 0 fully saturated rings. The van der Waals surface area contributed by atoms with Gasteiger partial charge < -0.3 is 9.84 Å². The van der Waals surface area contributed by atoms with Crippen LogP contribution in [-0.4, -0.2) is 47.6 Å². The van der Waals surface area contributed by atoms with Gasteiger partial charge in [0, 0.05) is 0 Å². The van der Waals surface area contributed by atoms with Crippen molar-refractivity contribution >= 4 is 30.1 Å². The first-order valence-electron chi connectivity index (χ1n) is 11.5. The van der Waals surface area contributed by atoms with Gasteiger partial charge in [0.2, 0.25) is 0 Å². The number of carbonyl (C=O) groups is 3. The first-order valence-corrected chi connectivity index (χ1v) is 11.5. The summed E-state index contributed by atoms with van der Waals surface area (Å²) < 4.78 is 5.34. The summed E-state index contributed by atoms with van der Waals surface area (Å²) in [5.41, 5.74) is 4.06. The van der Waals surface area contributed by atoms with E-state index in [9.17, 15) is 19.5 Å². The van der Waals surface area contributed by atoms with Gasteiger partial charge in [-0.1, -0.05) is 48.5 Å². The lowest BCUT2D eigenvalue weighted by Gasteiger charge is -2.33. The van der Waals surface area contributed by atoms with Crippen LogP contribution in [0.15, 0.2) is 48.5 Å². The van der Waals surface area contributed by atoms with Crippen LogP contribution in [0.2, 0.25) is 0 Å².